The fourth-order valence-corrected chi connectivity index (χ4v) is 5.45. The Balaban J connectivity index is 1.64. The Hall–Kier alpha value is -1.50. The summed E-state index contributed by atoms with van der Waals surface area (Å²) in [4.78, 5) is 3.88. The number of hydrogen-bond acceptors (Lipinski definition) is 3. The molecule has 0 aliphatic heterocycles. The highest BCUT2D eigenvalue weighted by Gasteiger charge is 2.51. The van der Waals surface area contributed by atoms with Gasteiger partial charge in [-0.15, -0.1) is 0 Å². The molecule has 4 aliphatic rings. The maximum absolute atomic E-state index is 9.59. The standard InChI is InChI=1S/C15H19N3O/c16-7-13-14(19)17-9-18(13)8-15-4-10-1-11(5-15)3-12(2-10)6-15/h9-12,19H,1-6,8H2. The van der Waals surface area contributed by atoms with Crippen LogP contribution in [0.25, 0.3) is 0 Å². The Labute approximate surface area is 113 Å². The number of nitrogens with zero attached hydrogens (tertiary/aromatic N) is 3. The highest BCUT2D eigenvalue weighted by atomic mass is 16.3. The monoisotopic (exact) mass is 257 g/mol. The first kappa shape index (κ1) is 11.3. The molecule has 0 atom stereocenters. The van der Waals surface area contributed by atoms with Crippen LogP contribution in [0.4, 0.5) is 0 Å². The van der Waals surface area contributed by atoms with Gasteiger partial charge in [0.2, 0.25) is 5.88 Å². The number of nitriles is 1. The van der Waals surface area contributed by atoms with Gasteiger partial charge in [0.25, 0.3) is 0 Å². The van der Waals surface area contributed by atoms with E-state index >= 15 is 0 Å². The average molecular weight is 257 g/mol. The fraction of sp³-hybridized carbons (Fsp3) is 0.733. The lowest BCUT2D eigenvalue weighted by Gasteiger charge is -2.57. The molecular weight excluding hydrogens is 238 g/mol. The van der Waals surface area contributed by atoms with Crippen LogP contribution in [0.3, 0.4) is 0 Å². The van der Waals surface area contributed by atoms with Gasteiger partial charge in [-0.2, -0.15) is 5.26 Å². The summed E-state index contributed by atoms with van der Waals surface area (Å²) >= 11 is 0. The molecular formula is C15H19N3O. The Bertz CT molecular complexity index is 519. The van der Waals surface area contributed by atoms with Crippen LogP contribution in [-0.4, -0.2) is 14.7 Å². The van der Waals surface area contributed by atoms with Crippen molar-refractivity contribution in [1.29, 1.82) is 5.26 Å². The zero-order valence-electron chi connectivity index (χ0n) is 11.0. The summed E-state index contributed by atoms with van der Waals surface area (Å²) < 4.78 is 1.88. The maximum atomic E-state index is 9.59. The maximum Gasteiger partial charge on any atom is 0.248 e. The molecule has 19 heavy (non-hydrogen) atoms. The van der Waals surface area contributed by atoms with Crippen LogP contribution in [-0.2, 0) is 6.54 Å². The third kappa shape index (κ3) is 1.68. The zero-order valence-corrected chi connectivity index (χ0v) is 11.0. The largest absolute Gasteiger partial charge is 0.491 e. The number of hydrogen-bond donors (Lipinski definition) is 1. The molecule has 1 aromatic heterocycles. The normalized spacial score (nSPS) is 39.4. The molecule has 4 nitrogen and oxygen atoms in total. The van der Waals surface area contributed by atoms with Crippen LogP contribution in [0, 0.1) is 34.5 Å². The van der Waals surface area contributed by atoms with Crippen molar-refractivity contribution in [3.63, 3.8) is 0 Å². The second kappa shape index (κ2) is 3.75. The van der Waals surface area contributed by atoms with Gasteiger partial charge in [-0.1, -0.05) is 0 Å². The minimum Gasteiger partial charge on any atom is -0.491 e. The molecule has 100 valence electrons. The minimum absolute atomic E-state index is 0.118. The second-order valence-electron chi connectivity index (χ2n) is 7.07. The van der Waals surface area contributed by atoms with Gasteiger partial charge >= 0.3 is 0 Å². The first-order valence-electron chi connectivity index (χ1n) is 7.32. The molecule has 1 N–H and O–H groups in total. The van der Waals surface area contributed by atoms with Gasteiger partial charge in [0.15, 0.2) is 5.69 Å². The van der Waals surface area contributed by atoms with Gasteiger partial charge in [0, 0.05) is 6.54 Å². The number of aromatic nitrogens is 2. The van der Waals surface area contributed by atoms with Gasteiger partial charge in [0.1, 0.15) is 6.07 Å². The minimum atomic E-state index is -0.118. The lowest BCUT2D eigenvalue weighted by Crippen LogP contribution is -2.47. The summed E-state index contributed by atoms with van der Waals surface area (Å²) in [7, 11) is 0. The lowest BCUT2D eigenvalue weighted by atomic mass is 9.49. The van der Waals surface area contributed by atoms with E-state index in [1.54, 1.807) is 6.33 Å². The molecule has 4 saturated carbocycles. The highest BCUT2D eigenvalue weighted by molar-refractivity contribution is 5.31. The SMILES string of the molecule is N#Cc1c(O)ncn1CC12CC3CC(CC(C3)C1)C2. The van der Waals surface area contributed by atoms with E-state index < -0.39 is 0 Å². The third-order valence-corrected chi connectivity index (χ3v) is 5.60. The number of aromatic hydroxyl groups is 1. The van der Waals surface area contributed by atoms with E-state index in [1.165, 1.54) is 38.5 Å². The average Bonchev–Trinajstić information content (AvgIpc) is 2.67. The van der Waals surface area contributed by atoms with Crippen LogP contribution >= 0.6 is 0 Å². The second-order valence-corrected chi connectivity index (χ2v) is 7.07. The molecule has 0 saturated heterocycles. The van der Waals surface area contributed by atoms with Crippen molar-refractivity contribution in [1.82, 2.24) is 9.55 Å². The summed E-state index contributed by atoms with van der Waals surface area (Å²) in [6.45, 7) is 0.868. The Morgan fingerprint density at radius 3 is 2.37 bits per heavy atom. The van der Waals surface area contributed by atoms with Crippen molar-refractivity contribution in [2.24, 2.45) is 23.2 Å². The van der Waals surface area contributed by atoms with Gasteiger partial charge in [-0.05, 0) is 61.7 Å². The molecule has 0 aromatic carbocycles. The van der Waals surface area contributed by atoms with Crippen molar-refractivity contribution in [3.05, 3.63) is 12.0 Å². The summed E-state index contributed by atoms with van der Waals surface area (Å²) in [5.41, 5.74) is 0.698. The Morgan fingerprint density at radius 1 is 1.26 bits per heavy atom. The molecule has 4 aliphatic carbocycles. The fourth-order valence-electron chi connectivity index (χ4n) is 5.45. The molecule has 0 radical (unpaired) electrons. The molecule has 4 fully saturated rings. The summed E-state index contributed by atoms with van der Waals surface area (Å²) in [6, 6.07) is 2.08. The van der Waals surface area contributed by atoms with Crippen LogP contribution in [0.5, 0.6) is 5.88 Å². The number of rotatable bonds is 2. The van der Waals surface area contributed by atoms with Crippen LogP contribution < -0.4 is 0 Å². The third-order valence-electron chi connectivity index (χ3n) is 5.60. The molecule has 0 spiro atoms. The molecule has 0 unspecified atom stereocenters. The van der Waals surface area contributed by atoms with E-state index in [-0.39, 0.29) is 5.88 Å². The van der Waals surface area contributed by atoms with Crippen molar-refractivity contribution >= 4 is 0 Å². The Kier molecular flexibility index (Phi) is 2.24. The first-order valence-corrected chi connectivity index (χ1v) is 7.32. The van der Waals surface area contributed by atoms with Crippen LogP contribution in [0.1, 0.15) is 44.2 Å². The summed E-state index contributed by atoms with van der Waals surface area (Å²) in [6.07, 6.45) is 9.85. The quantitative estimate of drug-likeness (QED) is 0.886. The van der Waals surface area contributed by atoms with Crippen LogP contribution in [0.2, 0.25) is 0 Å². The predicted octanol–water partition coefficient (Wildman–Crippen LogP) is 2.68. The molecule has 1 heterocycles. The summed E-state index contributed by atoms with van der Waals surface area (Å²) in [5, 5.41) is 18.7. The van der Waals surface area contributed by atoms with Gasteiger partial charge in [-0.25, -0.2) is 4.98 Å². The van der Waals surface area contributed by atoms with E-state index in [0.29, 0.717) is 11.1 Å². The number of imidazole rings is 1. The molecule has 0 amide bonds. The van der Waals surface area contributed by atoms with Gasteiger partial charge in [0.05, 0.1) is 6.33 Å². The molecule has 5 rings (SSSR count). The highest BCUT2D eigenvalue weighted by Crippen LogP contribution is 2.60. The van der Waals surface area contributed by atoms with E-state index in [1.807, 2.05) is 4.57 Å². The topological polar surface area (TPSA) is 61.8 Å². The molecule has 4 bridgehead atoms. The zero-order chi connectivity index (χ0) is 13.0. The van der Waals surface area contributed by atoms with E-state index in [4.69, 9.17) is 5.26 Å². The van der Waals surface area contributed by atoms with Crippen molar-refractivity contribution in [3.8, 4) is 11.9 Å². The smallest absolute Gasteiger partial charge is 0.248 e. The van der Waals surface area contributed by atoms with Crippen molar-refractivity contribution in [2.75, 3.05) is 0 Å². The summed E-state index contributed by atoms with van der Waals surface area (Å²) in [5.74, 6) is 2.61. The Morgan fingerprint density at radius 2 is 1.84 bits per heavy atom. The van der Waals surface area contributed by atoms with E-state index in [2.05, 4.69) is 11.1 Å². The van der Waals surface area contributed by atoms with Crippen LogP contribution in [0.15, 0.2) is 6.33 Å². The van der Waals surface area contributed by atoms with E-state index in [0.717, 1.165) is 24.3 Å². The lowest BCUT2D eigenvalue weighted by molar-refractivity contribution is -0.0620. The van der Waals surface area contributed by atoms with E-state index in [9.17, 15) is 5.11 Å². The van der Waals surface area contributed by atoms with Crippen molar-refractivity contribution in [2.45, 2.75) is 45.1 Å². The molecule has 1 aromatic rings. The van der Waals surface area contributed by atoms with Crippen molar-refractivity contribution < 1.29 is 5.11 Å². The molecule has 4 heteroatoms. The van der Waals surface area contributed by atoms with Gasteiger partial charge < -0.3 is 9.67 Å². The predicted molar refractivity (Wildman–Crippen MR) is 69.2 cm³/mol. The first-order chi connectivity index (χ1) is 9.17. The van der Waals surface area contributed by atoms with Gasteiger partial charge in [-0.3, -0.25) is 0 Å².